The first-order valence-electron chi connectivity index (χ1n) is 0.943. The van der Waals surface area contributed by atoms with Crippen LogP contribution in [0.15, 0.2) is 0 Å². The van der Waals surface area contributed by atoms with Crippen LogP contribution in [0.25, 0.3) is 0 Å². The summed E-state index contributed by atoms with van der Waals surface area (Å²) in [7, 11) is 0.125. The molecule has 0 atom stereocenters. The van der Waals surface area contributed by atoms with Gasteiger partial charge in [0.25, 0.3) is 0 Å². The fourth-order valence-electron chi connectivity index (χ4n) is 0.0227. The molecule has 0 aliphatic carbocycles. The Morgan fingerprint density at radius 1 is 1.20 bits per heavy atom. The molecule has 0 aliphatic rings. The van der Waals surface area contributed by atoms with Crippen LogP contribution in [0.5, 0.6) is 0 Å². The minimum absolute atomic E-state index is 0.0625. The van der Waals surface area contributed by atoms with Gasteiger partial charge in [0.05, 0.1) is 0 Å². The summed E-state index contributed by atoms with van der Waals surface area (Å²) < 4.78 is 21.4. The molecule has 0 radical (unpaired) electrons. The van der Waals surface area contributed by atoms with Crippen molar-refractivity contribution in [2.24, 2.45) is 0 Å². The van der Waals surface area contributed by atoms with E-state index in [1.165, 1.54) is 0 Å². The van der Waals surface area contributed by atoms with Crippen molar-refractivity contribution < 1.29 is 14.0 Å². The molecule has 5 heteroatoms. The molecule has 24 valence electrons. The summed E-state index contributed by atoms with van der Waals surface area (Å²) in [6, 6.07) is 0. The zero-order valence-electron chi connectivity index (χ0n) is 2.38. The van der Waals surface area contributed by atoms with Crippen LogP contribution in [-0.2, 0) is 14.0 Å². The third-order valence-electron chi connectivity index (χ3n) is 0.111. The zero-order chi connectivity index (χ0) is 4.12. The Morgan fingerprint density at radius 3 is 1.60 bits per heavy atom. The van der Waals surface area contributed by atoms with E-state index in [0.29, 0.717) is 0 Å². The number of rotatable bonds is 2. The molecule has 0 saturated carbocycles. The SMILES string of the molecule is O=[11B]O[11B]=O. The molecule has 0 rings (SSSR count). The first-order valence-corrected chi connectivity index (χ1v) is 0.943. The van der Waals surface area contributed by atoms with Crippen molar-refractivity contribution in [3.63, 3.8) is 0 Å². The molecule has 0 spiro atoms. The van der Waals surface area contributed by atoms with Gasteiger partial charge in [-0.05, 0) is 0 Å². The average molecular weight is 70.0 g/mol. The Balaban J connectivity index is 2.65. The quantitative estimate of drug-likeness (QED) is 0.388. The standard InChI is InChI=1S/B2O3/c3-1-5-2-4/i1+0,2+0. The molecular weight excluding hydrogens is 70.0 g/mol. The molecule has 0 aromatic rings. The van der Waals surface area contributed by atoms with Crippen molar-refractivity contribution in [3.05, 3.63) is 0 Å². The summed E-state index contributed by atoms with van der Waals surface area (Å²) >= 11 is 0. The van der Waals surface area contributed by atoms with Gasteiger partial charge in [-0.3, -0.25) is 0 Å². The van der Waals surface area contributed by atoms with Gasteiger partial charge in [0, 0.05) is 0 Å². The molecule has 0 aromatic heterocycles. The van der Waals surface area contributed by atoms with Crippen molar-refractivity contribution in [1.29, 1.82) is 0 Å². The van der Waals surface area contributed by atoms with Crippen LogP contribution in [0.1, 0.15) is 0 Å². The van der Waals surface area contributed by atoms with E-state index in [2.05, 4.69) is 4.57 Å². The average Bonchev–Trinajstić information content (AvgIpc) is 1.41. The summed E-state index contributed by atoms with van der Waals surface area (Å²) in [5.41, 5.74) is 0. The molecule has 0 unspecified atom stereocenters. The number of hydrogen-bond acceptors (Lipinski definition) is 3. The maximum absolute atomic E-state index is 8.95. The minimum atomic E-state index is 0.0625. The van der Waals surface area contributed by atoms with E-state index in [1.54, 1.807) is 0 Å². The Bertz CT molecular complexity index is 34.2. The second-order valence-electron chi connectivity index (χ2n) is 0.329. The molecule has 5 heavy (non-hydrogen) atoms. The Hall–Kier alpha value is -0.470. The van der Waals surface area contributed by atoms with Gasteiger partial charge in [-0.25, -0.2) is 0 Å². The van der Waals surface area contributed by atoms with Crippen molar-refractivity contribution in [2.75, 3.05) is 0 Å². The third kappa shape index (κ3) is 3.53. The van der Waals surface area contributed by atoms with E-state index in [-0.39, 0.29) is 14.7 Å². The zero-order valence-corrected chi connectivity index (χ0v) is 2.38. The van der Waals surface area contributed by atoms with Gasteiger partial charge in [0.2, 0.25) is 0 Å². The Labute approximate surface area is 29.9 Å². The normalized spacial score (nSPS) is 4.00. The Morgan fingerprint density at radius 2 is 1.60 bits per heavy atom. The van der Waals surface area contributed by atoms with Crippen molar-refractivity contribution in [1.82, 2.24) is 0 Å². The maximum atomic E-state index is 8.95. The van der Waals surface area contributed by atoms with Crippen LogP contribution in [-0.4, -0.2) is 14.7 Å². The summed E-state index contributed by atoms with van der Waals surface area (Å²) in [5, 5.41) is 0. The van der Waals surface area contributed by atoms with Crippen LogP contribution < -0.4 is 0 Å². The van der Waals surface area contributed by atoms with Crippen LogP contribution >= 0.6 is 0 Å². The van der Waals surface area contributed by atoms with Gasteiger partial charge in [-0.1, -0.05) is 0 Å². The summed E-state index contributed by atoms with van der Waals surface area (Å²) in [4.78, 5) is 0. The van der Waals surface area contributed by atoms with E-state index >= 15 is 0 Å². The van der Waals surface area contributed by atoms with Gasteiger partial charge < -0.3 is 0 Å². The predicted octanol–water partition coefficient (Wildman–Crippen LogP) is -1.07. The molecule has 0 fully saturated rings. The van der Waals surface area contributed by atoms with Crippen molar-refractivity contribution >= 4 is 14.7 Å². The third-order valence-corrected chi connectivity index (χ3v) is 0.111. The fourth-order valence-corrected chi connectivity index (χ4v) is 0.0227. The van der Waals surface area contributed by atoms with E-state index < -0.39 is 0 Å². The monoisotopic (exact) mass is 70.0 g/mol. The van der Waals surface area contributed by atoms with E-state index in [9.17, 15) is 0 Å². The molecule has 0 amide bonds. The fraction of sp³-hybridized carbons (Fsp3) is 0. The summed E-state index contributed by atoms with van der Waals surface area (Å²) in [5.74, 6) is 0. The van der Waals surface area contributed by atoms with E-state index in [1.807, 2.05) is 0 Å². The molecule has 0 N–H and O–H groups in total. The topological polar surface area (TPSA) is 43.4 Å². The van der Waals surface area contributed by atoms with Gasteiger partial charge in [-0.2, -0.15) is 0 Å². The second kappa shape index (κ2) is 3.53. The van der Waals surface area contributed by atoms with E-state index in [0.717, 1.165) is 0 Å². The van der Waals surface area contributed by atoms with Crippen molar-refractivity contribution in [2.45, 2.75) is 0 Å². The molecule has 0 aliphatic heterocycles. The predicted molar refractivity (Wildman–Crippen MR) is 14.0 cm³/mol. The molecule has 0 aromatic carbocycles. The first kappa shape index (κ1) is 4.53. The van der Waals surface area contributed by atoms with Gasteiger partial charge in [0.1, 0.15) is 0 Å². The van der Waals surface area contributed by atoms with Gasteiger partial charge in [-0.15, -0.1) is 0 Å². The van der Waals surface area contributed by atoms with Crippen LogP contribution in [0.3, 0.4) is 0 Å². The Kier molecular flexibility index (Phi) is 3.20. The van der Waals surface area contributed by atoms with Crippen molar-refractivity contribution in [3.8, 4) is 0 Å². The molecule has 0 heterocycles. The van der Waals surface area contributed by atoms with E-state index in [4.69, 9.17) is 9.41 Å². The number of hydrogen-bond donors (Lipinski definition) is 0. The molecule has 0 bridgehead atoms. The molecule has 0 saturated heterocycles. The molecule has 3 nitrogen and oxygen atoms in total. The van der Waals surface area contributed by atoms with Crippen LogP contribution in [0.4, 0.5) is 0 Å². The van der Waals surface area contributed by atoms with Gasteiger partial charge in [0.15, 0.2) is 0 Å². The summed E-state index contributed by atoms with van der Waals surface area (Å²) in [6.45, 7) is 0. The first-order chi connectivity index (χ1) is 2.41. The summed E-state index contributed by atoms with van der Waals surface area (Å²) in [6.07, 6.45) is 0. The molecular formula is B2O3. The van der Waals surface area contributed by atoms with Crippen LogP contribution in [0.2, 0.25) is 0 Å². The van der Waals surface area contributed by atoms with Gasteiger partial charge >= 0.3 is 28.7 Å². The second-order valence-corrected chi connectivity index (χ2v) is 0.329. The van der Waals surface area contributed by atoms with Crippen LogP contribution in [0, 0.1) is 0 Å².